The van der Waals surface area contributed by atoms with E-state index in [1.54, 1.807) is 0 Å². The van der Waals surface area contributed by atoms with Crippen molar-refractivity contribution < 1.29 is 9.53 Å². The van der Waals surface area contributed by atoms with Gasteiger partial charge in [0.25, 0.3) is 0 Å². The first-order chi connectivity index (χ1) is 10.6. The molecule has 2 rings (SSSR count). The van der Waals surface area contributed by atoms with E-state index >= 15 is 0 Å². The molecule has 22 heavy (non-hydrogen) atoms. The molecule has 2 aromatic carbocycles. The summed E-state index contributed by atoms with van der Waals surface area (Å²) in [6.07, 6.45) is 0. The van der Waals surface area contributed by atoms with Gasteiger partial charge in [-0.25, -0.2) is 0 Å². The monoisotopic (exact) mass is 298 g/mol. The van der Waals surface area contributed by atoms with Gasteiger partial charge in [0, 0.05) is 0 Å². The summed E-state index contributed by atoms with van der Waals surface area (Å²) in [7, 11) is 0. The van der Waals surface area contributed by atoms with Gasteiger partial charge >= 0.3 is 0 Å². The van der Waals surface area contributed by atoms with Gasteiger partial charge in [-0.2, -0.15) is 0 Å². The Morgan fingerprint density at radius 3 is 2.18 bits per heavy atom. The van der Waals surface area contributed by atoms with E-state index in [1.165, 1.54) is 5.56 Å². The van der Waals surface area contributed by atoms with Crippen LogP contribution in [0.1, 0.15) is 22.7 Å². The number of nitrogens with one attached hydrogen (secondary N) is 1. The first kappa shape index (κ1) is 16.0. The first-order valence-electron chi connectivity index (χ1n) is 7.35. The molecular formula is C18H22N2O2. The molecule has 0 radical (unpaired) electrons. The van der Waals surface area contributed by atoms with Crippen molar-refractivity contribution in [3.8, 4) is 5.75 Å². The van der Waals surface area contributed by atoms with Crippen LogP contribution in [0.25, 0.3) is 0 Å². The average Bonchev–Trinajstić information content (AvgIpc) is 2.53. The Morgan fingerprint density at radius 1 is 1.05 bits per heavy atom. The molecule has 4 heteroatoms. The van der Waals surface area contributed by atoms with Crippen molar-refractivity contribution in [3.05, 3.63) is 65.2 Å². The third kappa shape index (κ3) is 4.60. The van der Waals surface area contributed by atoms with Crippen LogP contribution in [0.5, 0.6) is 5.75 Å². The van der Waals surface area contributed by atoms with E-state index in [4.69, 9.17) is 10.5 Å². The maximum atomic E-state index is 12.0. The summed E-state index contributed by atoms with van der Waals surface area (Å²) >= 11 is 0. The number of benzene rings is 2. The number of rotatable bonds is 6. The maximum absolute atomic E-state index is 12.0. The van der Waals surface area contributed by atoms with Crippen LogP contribution in [0.15, 0.2) is 48.5 Å². The van der Waals surface area contributed by atoms with Gasteiger partial charge in [-0.3, -0.25) is 4.79 Å². The van der Waals surface area contributed by atoms with Crippen LogP contribution in [0.4, 0.5) is 0 Å². The third-order valence-electron chi connectivity index (χ3n) is 3.41. The highest BCUT2D eigenvalue weighted by molar-refractivity contribution is 5.82. The maximum Gasteiger partial charge on any atom is 0.241 e. The van der Waals surface area contributed by atoms with Crippen LogP contribution in [0.2, 0.25) is 0 Å². The van der Waals surface area contributed by atoms with E-state index in [1.807, 2.05) is 62.4 Å². The molecule has 0 saturated carbocycles. The van der Waals surface area contributed by atoms with E-state index in [-0.39, 0.29) is 5.91 Å². The Bertz CT molecular complexity index is 606. The van der Waals surface area contributed by atoms with Gasteiger partial charge in [-0.1, -0.05) is 47.5 Å². The van der Waals surface area contributed by atoms with Gasteiger partial charge in [0.05, 0.1) is 6.54 Å². The molecule has 0 aliphatic rings. The molecule has 0 aliphatic carbocycles. The number of hydrogen-bond acceptors (Lipinski definition) is 3. The largest absolute Gasteiger partial charge is 0.492 e. The number of nitrogens with two attached hydrogens (primary N) is 1. The second-order valence-electron chi connectivity index (χ2n) is 5.34. The summed E-state index contributed by atoms with van der Waals surface area (Å²) < 4.78 is 5.56. The van der Waals surface area contributed by atoms with Crippen LogP contribution in [-0.2, 0) is 4.79 Å². The van der Waals surface area contributed by atoms with Gasteiger partial charge in [0.2, 0.25) is 5.91 Å². The fraction of sp³-hybridized carbons (Fsp3) is 0.278. The zero-order chi connectivity index (χ0) is 15.9. The summed E-state index contributed by atoms with van der Waals surface area (Å²) in [6, 6.07) is 14.8. The molecule has 2 aromatic rings. The zero-order valence-electron chi connectivity index (χ0n) is 13.0. The summed E-state index contributed by atoms with van der Waals surface area (Å²) in [5, 5.41) is 2.79. The van der Waals surface area contributed by atoms with Gasteiger partial charge in [-0.15, -0.1) is 0 Å². The second kappa shape index (κ2) is 7.61. The molecule has 0 aliphatic heterocycles. The Hall–Kier alpha value is -2.33. The normalized spacial score (nSPS) is 11.8. The van der Waals surface area contributed by atoms with Crippen molar-refractivity contribution in [1.29, 1.82) is 0 Å². The summed E-state index contributed by atoms with van der Waals surface area (Å²) in [5.74, 6) is 0.596. The van der Waals surface area contributed by atoms with E-state index in [0.29, 0.717) is 13.2 Å². The number of hydrogen-bond donors (Lipinski definition) is 2. The van der Waals surface area contributed by atoms with Crippen molar-refractivity contribution in [3.63, 3.8) is 0 Å². The molecule has 0 spiro atoms. The van der Waals surface area contributed by atoms with Gasteiger partial charge in [-0.05, 0) is 31.5 Å². The fourth-order valence-corrected chi connectivity index (χ4v) is 2.01. The lowest BCUT2D eigenvalue weighted by Gasteiger charge is -2.13. The molecule has 4 nitrogen and oxygen atoms in total. The molecular weight excluding hydrogens is 276 g/mol. The first-order valence-corrected chi connectivity index (χ1v) is 7.35. The second-order valence-corrected chi connectivity index (χ2v) is 5.34. The Balaban J connectivity index is 1.75. The predicted molar refractivity (Wildman–Crippen MR) is 87.8 cm³/mol. The van der Waals surface area contributed by atoms with Crippen LogP contribution < -0.4 is 15.8 Å². The molecule has 1 unspecified atom stereocenters. The molecule has 0 heterocycles. The topological polar surface area (TPSA) is 64.3 Å². The number of ether oxygens (including phenoxy) is 1. The zero-order valence-corrected chi connectivity index (χ0v) is 13.0. The van der Waals surface area contributed by atoms with Crippen LogP contribution in [-0.4, -0.2) is 19.1 Å². The Labute approximate surface area is 131 Å². The molecule has 0 fully saturated rings. The number of amides is 1. The highest BCUT2D eigenvalue weighted by Gasteiger charge is 2.14. The van der Waals surface area contributed by atoms with Gasteiger partial charge in [0.15, 0.2) is 0 Å². The minimum Gasteiger partial charge on any atom is -0.492 e. The van der Waals surface area contributed by atoms with Crippen LogP contribution >= 0.6 is 0 Å². The molecule has 116 valence electrons. The molecule has 0 aromatic heterocycles. The predicted octanol–water partition coefficient (Wildman–Crippen LogP) is 2.50. The van der Waals surface area contributed by atoms with Crippen LogP contribution in [0, 0.1) is 13.8 Å². The van der Waals surface area contributed by atoms with Crippen LogP contribution in [0.3, 0.4) is 0 Å². The summed E-state index contributed by atoms with van der Waals surface area (Å²) in [6.45, 7) is 4.86. The highest BCUT2D eigenvalue weighted by Crippen LogP contribution is 2.12. The van der Waals surface area contributed by atoms with Crippen molar-refractivity contribution in [2.75, 3.05) is 13.2 Å². The van der Waals surface area contributed by atoms with E-state index in [9.17, 15) is 4.79 Å². The minimum atomic E-state index is -0.653. The number of aryl methyl sites for hydroxylation is 2. The average molecular weight is 298 g/mol. The Kier molecular flexibility index (Phi) is 5.55. The molecule has 3 N–H and O–H groups in total. The lowest BCUT2D eigenvalue weighted by Crippen LogP contribution is -2.36. The van der Waals surface area contributed by atoms with Gasteiger partial charge < -0.3 is 15.8 Å². The third-order valence-corrected chi connectivity index (χ3v) is 3.41. The van der Waals surface area contributed by atoms with Crippen molar-refractivity contribution in [2.45, 2.75) is 19.9 Å². The number of carbonyl (C=O) groups excluding carboxylic acids is 1. The quantitative estimate of drug-likeness (QED) is 0.805. The minimum absolute atomic E-state index is 0.198. The highest BCUT2D eigenvalue weighted by atomic mass is 16.5. The van der Waals surface area contributed by atoms with E-state index in [2.05, 4.69) is 5.32 Å². The molecule has 1 atom stereocenters. The van der Waals surface area contributed by atoms with Crippen molar-refractivity contribution in [2.24, 2.45) is 5.73 Å². The number of carbonyl (C=O) groups is 1. The van der Waals surface area contributed by atoms with Crippen molar-refractivity contribution >= 4 is 5.91 Å². The smallest absolute Gasteiger partial charge is 0.241 e. The molecule has 1 amide bonds. The molecule has 0 saturated heterocycles. The van der Waals surface area contributed by atoms with E-state index in [0.717, 1.165) is 16.9 Å². The SMILES string of the molecule is Cc1ccc(OCCNC(=O)C(N)c2ccc(C)cc2)cc1. The van der Waals surface area contributed by atoms with Gasteiger partial charge in [0.1, 0.15) is 18.4 Å². The summed E-state index contributed by atoms with van der Waals surface area (Å²) in [5.41, 5.74) is 9.08. The molecule has 0 bridgehead atoms. The Morgan fingerprint density at radius 2 is 1.59 bits per heavy atom. The van der Waals surface area contributed by atoms with Crippen molar-refractivity contribution in [1.82, 2.24) is 5.32 Å². The lowest BCUT2D eigenvalue weighted by molar-refractivity contribution is -0.122. The lowest BCUT2D eigenvalue weighted by atomic mass is 10.1. The fourth-order valence-electron chi connectivity index (χ4n) is 2.01. The standard InChI is InChI=1S/C18H22N2O2/c1-13-3-7-15(8-4-13)17(19)18(21)20-11-12-22-16-9-5-14(2)6-10-16/h3-10,17H,11-12,19H2,1-2H3,(H,20,21). The summed E-state index contributed by atoms with van der Waals surface area (Å²) in [4.78, 5) is 12.0. The van der Waals surface area contributed by atoms with E-state index < -0.39 is 6.04 Å².